The van der Waals surface area contributed by atoms with Crippen LogP contribution in [0.3, 0.4) is 0 Å². The zero-order valence-corrected chi connectivity index (χ0v) is 16.8. The SMILES string of the molecule is CC(C)(C)C(=O)NCc1ccc(C(=O)NCC(N)c2ccccc2)cc1.Cl. The van der Waals surface area contributed by atoms with Crippen molar-refractivity contribution in [3.05, 3.63) is 71.3 Å². The summed E-state index contributed by atoms with van der Waals surface area (Å²) >= 11 is 0. The predicted octanol–water partition coefficient (Wildman–Crippen LogP) is 3.20. The highest BCUT2D eigenvalue weighted by molar-refractivity contribution is 5.94. The molecule has 5 nitrogen and oxygen atoms in total. The minimum atomic E-state index is -0.419. The van der Waals surface area contributed by atoms with Crippen molar-refractivity contribution in [2.45, 2.75) is 33.4 Å². The van der Waals surface area contributed by atoms with Crippen LogP contribution >= 0.6 is 12.4 Å². The molecule has 0 heterocycles. The lowest BCUT2D eigenvalue weighted by molar-refractivity contribution is -0.128. The summed E-state index contributed by atoms with van der Waals surface area (Å²) in [5.41, 5.74) is 8.17. The van der Waals surface area contributed by atoms with Crippen LogP contribution in [0.15, 0.2) is 54.6 Å². The third-order valence-electron chi connectivity index (χ3n) is 4.06. The van der Waals surface area contributed by atoms with Crippen molar-refractivity contribution in [1.29, 1.82) is 0 Å². The van der Waals surface area contributed by atoms with Gasteiger partial charge in [0.1, 0.15) is 0 Å². The molecule has 0 aliphatic heterocycles. The molecule has 2 aromatic rings. The van der Waals surface area contributed by atoms with Gasteiger partial charge in [0.15, 0.2) is 0 Å². The van der Waals surface area contributed by atoms with E-state index in [0.29, 0.717) is 18.7 Å². The van der Waals surface area contributed by atoms with Crippen molar-refractivity contribution in [3.8, 4) is 0 Å². The number of nitrogens with one attached hydrogen (secondary N) is 2. The lowest BCUT2D eigenvalue weighted by Gasteiger charge is -2.17. The van der Waals surface area contributed by atoms with Gasteiger partial charge in [0.05, 0.1) is 0 Å². The lowest BCUT2D eigenvalue weighted by atomic mass is 9.95. The molecule has 27 heavy (non-hydrogen) atoms. The number of hydrogen-bond donors (Lipinski definition) is 3. The number of nitrogens with two attached hydrogens (primary N) is 1. The van der Waals surface area contributed by atoms with Crippen LogP contribution < -0.4 is 16.4 Å². The minimum Gasteiger partial charge on any atom is -0.352 e. The Morgan fingerprint density at radius 3 is 2.11 bits per heavy atom. The van der Waals surface area contributed by atoms with E-state index in [9.17, 15) is 9.59 Å². The summed E-state index contributed by atoms with van der Waals surface area (Å²) in [6.45, 7) is 6.42. The zero-order valence-electron chi connectivity index (χ0n) is 16.0. The smallest absolute Gasteiger partial charge is 0.251 e. The monoisotopic (exact) mass is 389 g/mol. The fourth-order valence-corrected chi connectivity index (χ4v) is 2.34. The average Bonchev–Trinajstić information content (AvgIpc) is 2.64. The number of carbonyl (C=O) groups is 2. The third kappa shape index (κ3) is 7.04. The van der Waals surface area contributed by atoms with Gasteiger partial charge in [-0.3, -0.25) is 9.59 Å². The van der Waals surface area contributed by atoms with E-state index in [1.807, 2.05) is 63.2 Å². The van der Waals surface area contributed by atoms with Crippen LogP contribution in [0.1, 0.15) is 48.3 Å². The van der Waals surface area contributed by atoms with E-state index < -0.39 is 5.41 Å². The summed E-state index contributed by atoms with van der Waals surface area (Å²) in [5.74, 6) is -0.170. The van der Waals surface area contributed by atoms with Gasteiger partial charge in [-0.15, -0.1) is 12.4 Å². The van der Waals surface area contributed by atoms with Crippen molar-refractivity contribution in [3.63, 3.8) is 0 Å². The van der Waals surface area contributed by atoms with E-state index in [1.165, 1.54) is 0 Å². The molecule has 0 saturated heterocycles. The molecule has 2 rings (SSSR count). The molecule has 2 amide bonds. The van der Waals surface area contributed by atoms with Crippen molar-refractivity contribution < 1.29 is 9.59 Å². The first-order valence-electron chi connectivity index (χ1n) is 8.73. The van der Waals surface area contributed by atoms with E-state index in [2.05, 4.69) is 10.6 Å². The molecule has 0 radical (unpaired) electrons. The molecule has 146 valence electrons. The summed E-state index contributed by atoms with van der Waals surface area (Å²) in [5, 5.41) is 5.74. The van der Waals surface area contributed by atoms with Crippen molar-refractivity contribution in [2.75, 3.05) is 6.54 Å². The van der Waals surface area contributed by atoms with Crippen LogP contribution in [0.4, 0.5) is 0 Å². The van der Waals surface area contributed by atoms with Gasteiger partial charge < -0.3 is 16.4 Å². The standard InChI is InChI=1S/C21H27N3O2.ClH/c1-21(2,3)20(26)24-13-15-9-11-17(12-10-15)19(25)23-14-18(22)16-7-5-4-6-8-16;/h4-12,18H,13-14,22H2,1-3H3,(H,23,25)(H,24,26);1H. The van der Waals surface area contributed by atoms with E-state index >= 15 is 0 Å². The Labute approximate surface area is 167 Å². The first-order chi connectivity index (χ1) is 12.3. The van der Waals surface area contributed by atoms with E-state index in [4.69, 9.17) is 5.73 Å². The Balaban J connectivity index is 0.00000364. The molecule has 6 heteroatoms. The molecule has 2 aromatic carbocycles. The molecule has 0 aromatic heterocycles. The highest BCUT2D eigenvalue weighted by Crippen LogP contribution is 2.13. The van der Waals surface area contributed by atoms with Gasteiger partial charge in [-0.1, -0.05) is 63.2 Å². The van der Waals surface area contributed by atoms with Crippen molar-refractivity contribution in [1.82, 2.24) is 10.6 Å². The molecule has 1 atom stereocenters. The molecule has 1 unspecified atom stereocenters. The molecule has 0 fully saturated rings. The van der Waals surface area contributed by atoms with Crippen LogP contribution in [0, 0.1) is 5.41 Å². The number of amides is 2. The maximum atomic E-state index is 12.3. The first kappa shape index (κ1) is 22.7. The summed E-state index contributed by atoms with van der Waals surface area (Å²) < 4.78 is 0. The highest BCUT2D eigenvalue weighted by atomic mass is 35.5. The topological polar surface area (TPSA) is 84.2 Å². The van der Waals surface area contributed by atoms with Crippen LogP contribution in [0.5, 0.6) is 0 Å². The van der Waals surface area contributed by atoms with Gasteiger partial charge in [0, 0.05) is 30.1 Å². The average molecular weight is 390 g/mol. The number of rotatable bonds is 6. The Hall–Kier alpha value is -2.37. The van der Waals surface area contributed by atoms with Gasteiger partial charge in [-0.2, -0.15) is 0 Å². The predicted molar refractivity (Wildman–Crippen MR) is 111 cm³/mol. The fourth-order valence-electron chi connectivity index (χ4n) is 2.34. The van der Waals surface area contributed by atoms with Gasteiger partial charge >= 0.3 is 0 Å². The van der Waals surface area contributed by atoms with E-state index in [1.54, 1.807) is 12.1 Å². The Kier molecular flexibility index (Phi) is 8.47. The third-order valence-corrected chi connectivity index (χ3v) is 4.06. The second kappa shape index (κ2) is 10.1. The van der Waals surface area contributed by atoms with Crippen molar-refractivity contribution >= 4 is 24.2 Å². The molecule has 0 bridgehead atoms. The van der Waals surface area contributed by atoms with Crippen LogP contribution in [0.25, 0.3) is 0 Å². The Bertz CT molecular complexity index is 740. The number of benzene rings is 2. The quantitative estimate of drug-likeness (QED) is 0.709. The highest BCUT2D eigenvalue weighted by Gasteiger charge is 2.20. The molecule has 4 N–H and O–H groups in total. The Morgan fingerprint density at radius 1 is 0.963 bits per heavy atom. The van der Waals surface area contributed by atoms with Crippen LogP contribution in [0.2, 0.25) is 0 Å². The zero-order chi connectivity index (χ0) is 19.2. The minimum absolute atomic E-state index is 0. The van der Waals surface area contributed by atoms with Gasteiger partial charge in [-0.25, -0.2) is 0 Å². The second-order valence-electron chi connectivity index (χ2n) is 7.36. The maximum absolute atomic E-state index is 12.3. The van der Waals surface area contributed by atoms with Crippen LogP contribution in [-0.2, 0) is 11.3 Å². The lowest BCUT2D eigenvalue weighted by Crippen LogP contribution is -2.34. The summed E-state index contributed by atoms with van der Waals surface area (Å²) in [7, 11) is 0. The van der Waals surface area contributed by atoms with Crippen molar-refractivity contribution in [2.24, 2.45) is 11.1 Å². The Morgan fingerprint density at radius 2 is 1.56 bits per heavy atom. The normalized spacial score (nSPS) is 11.9. The molecular formula is C21H28ClN3O2. The van der Waals surface area contributed by atoms with Gasteiger partial charge in [-0.05, 0) is 23.3 Å². The summed E-state index contributed by atoms with van der Waals surface area (Å²) in [6, 6.07) is 16.6. The first-order valence-corrected chi connectivity index (χ1v) is 8.73. The van der Waals surface area contributed by atoms with E-state index in [0.717, 1.165) is 11.1 Å². The summed E-state index contributed by atoms with van der Waals surface area (Å²) in [6.07, 6.45) is 0. The molecule has 0 spiro atoms. The summed E-state index contributed by atoms with van der Waals surface area (Å²) in [4.78, 5) is 24.1. The number of halogens is 1. The van der Waals surface area contributed by atoms with Crippen LogP contribution in [-0.4, -0.2) is 18.4 Å². The maximum Gasteiger partial charge on any atom is 0.251 e. The molecular weight excluding hydrogens is 362 g/mol. The largest absolute Gasteiger partial charge is 0.352 e. The van der Waals surface area contributed by atoms with E-state index in [-0.39, 0.29) is 30.3 Å². The number of carbonyl (C=O) groups excluding carboxylic acids is 2. The number of hydrogen-bond acceptors (Lipinski definition) is 3. The van der Waals surface area contributed by atoms with Gasteiger partial charge in [0.2, 0.25) is 5.91 Å². The molecule has 0 aliphatic carbocycles. The molecule has 0 saturated carbocycles. The second-order valence-corrected chi connectivity index (χ2v) is 7.36. The van der Waals surface area contributed by atoms with Gasteiger partial charge in [0.25, 0.3) is 5.91 Å². The molecule has 0 aliphatic rings. The fraction of sp³-hybridized carbons (Fsp3) is 0.333.